The maximum Gasteiger partial charge on any atom is 0.346 e. The van der Waals surface area contributed by atoms with E-state index in [-0.39, 0.29) is 29.2 Å². The van der Waals surface area contributed by atoms with Crippen LogP contribution in [0, 0.1) is 0 Å². The number of nitrogens with one attached hydrogen (secondary N) is 1. The second-order valence-corrected chi connectivity index (χ2v) is 9.01. The molecule has 1 aliphatic rings. The van der Waals surface area contributed by atoms with Crippen LogP contribution in [0.2, 0.25) is 0 Å². The lowest BCUT2D eigenvalue weighted by Crippen LogP contribution is -2.22. The molecule has 0 unspecified atom stereocenters. The molecule has 0 radical (unpaired) electrons. The average molecular weight is 468 g/mol. The predicted molar refractivity (Wildman–Crippen MR) is 127 cm³/mol. The monoisotopic (exact) mass is 467 g/mol. The van der Waals surface area contributed by atoms with Crippen molar-refractivity contribution in [2.45, 2.75) is 32.3 Å². The molecular formula is C25H25NO6S. The third kappa shape index (κ3) is 4.39. The van der Waals surface area contributed by atoms with E-state index in [1.54, 1.807) is 38.5 Å². The van der Waals surface area contributed by atoms with Crippen molar-refractivity contribution in [3.05, 3.63) is 57.8 Å². The topological polar surface area (TPSA) is 94.1 Å². The Morgan fingerprint density at radius 3 is 2.42 bits per heavy atom. The molecule has 3 aromatic rings. The van der Waals surface area contributed by atoms with E-state index in [1.165, 1.54) is 11.3 Å². The number of carboxylic acids is 1. The molecule has 0 fully saturated rings. The Labute approximate surface area is 195 Å². The van der Waals surface area contributed by atoms with Gasteiger partial charge in [-0.2, -0.15) is 0 Å². The van der Waals surface area contributed by atoms with Crippen molar-refractivity contribution in [1.29, 1.82) is 0 Å². The SMILES string of the molecule is COc1ccc(-c2c(C(=O)O)sc3c2NC(=O)C[C@@H]3c2ccc(OC)c(OC(C)C)c2)cc1. The first-order chi connectivity index (χ1) is 15.8. The Balaban J connectivity index is 1.86. The van der Waals surface area contributed by atoms with Crippen LogP contribution in [-0.4, -0.2) is 37.3 Å². The minimum absolute atomic E-state index is 0.0543. The molecule has 0 spiro atoms. The van der Waals surface area contributed by atoms with E-state index in [9.17, 15) is 14.7 Å². The van der Waals surface area contributed by atoms with Crippen LogP contribution in [0.15, 0.2) is 42.5 Å². The lowest BCUT2D eigenvalue weighted by atomic mass is 9.88. The molecule has 1 aliphatic heterocycles. The van der Waals surface area contributed by atoms with Crippen LogP contribution in [0.1, 0.15) is 46.3 Å². The number of carbonyl (C=O) groups is 2. The molecule has 2 aromatic carbocycles. The number of carbonyl (C=O) groups excluding carboxylic acids is 1. The normalized spacial score (nSPS) is 15.1. The highest BCUT2D eigenvalue weighted by Crippen LogP contribution is 2.50. The van der Waals surface area contributed by atoms with Gasteiger partial charge in [0.05, 0.1) is 26.0 Å². The molecule has 172 valence electrons. The molecule has 0 bridgehead atoms. The zero-order chi connectivity index (χ0) is 23.7. The number of aromatic carboxylic acids is 1. The highest BCUT2D eigenvalue weighted by atomic mass is 32.1. The highest BCUT2D eigenvalue weighted by Gasteiger charge is 2.35. The summed E-state index contributed by atoms with van der Waals surface area (Å²) in [4.78, 5) is 25.9. The quantitative estimate of drug-likeness (QED) is 0.484. The van der Waals surface area contributed by atoms with Crippen molar-refractivity contribution in [1.82, 2.24) is 0 Å². The molecule has 1 aromatic heterocycles. The maximum absolute atomic E-state index is 12.7. The largest absolute Gasteiger partial charge is 0.497 e. The second kappa shape index (κ2) is 9.15. The second-order valence-electron chi connectivity index (χ2n) is 7.96. The summed E-state index contributed by atoms with van der Waals surface area (Å²) in [5, 5.41) is 12.9. The fraction of sp³-hybridized carbons (Fsp3) is 0.280. The number of fused-ring (bicyclic) bond motifs is 1. The van der Waals surface area contributed by atoms with Gasteiger partial charge in [0, 0.05) is 22.8 Å². The van der Waals surface area contributed by atoms with Gasteiger partial charge in [-0.3, -0.25) is 4.79 Å². The zero-order valence-electron chi connectivity index (χ0n) is 18.8. The van der Waals surface area contributed by atoms with Crippen LogP contribution in [0.5, 0.6) is 17.2 Å². The number of carboxylic acid groups (broad SMARTS) is 1. The molecule has 0 aliphatic carbocycles. The highest BCUT2D eigenvalue weighted by molar-refractivity contribution is 7.15. The first-order valence-corrected chi connectivity index (χ1v) is 11.3. The molecule has 4 rings (SSSR count). The number of benzene rings is 2. The third-order valence-electron chi connectivity index (χ3n) is 5.43. The fourth-order valence-electron chi connectivity index (χ4n) is 4.00. The number of methoxy groups -OCH3 is 2. The molecule has 33 heavy (non-hydrogen) atoms. The van der Waals surface area contributed by atoms with Crippen LogP contribution in [0.4, 0.5) is 5.69 Å². The molecular weight excluding hydrogens is 442 g/mol. The molecule has 8 heteroatoms. The number of rotatable bonds is 7. The molecule has 2 heterocycles. The van der Waals surface area contributed by atoms with Gasteiger partial charge in [-0.25, -0.2) is 4.79 Å². The van der Waals surface area contributed by atoms with Crippen molar-refractivity contribution in [2.75, 3.05) is 19.5 Å². The lowest BCUT2D eigenvalue weighted by molar-refractivity contribution is -0.116. The molecule has 0 saturated heterocycles. The number of amides is 1. The van der Waals surface area contributed by atoms with E-state index in [2.05, 4.69) is 5.32 Å². The van der Waals surface area contributed by atoms with Gasteiger partial charge in [-0.15, -0.1) is 11.3 Å². The van der Waals surface area contributed by atoms with Gasteiger partial charge in [0.25, 0.3) is 0 Å². The van der Waals surface area contributed by atoms with E-state index >= 15 is 0 Å². The van der Waals surface area contributed by atoms with E-state index in [0.29, 0.717) is 34.1 Å². The Bertz CT molecular complexity index is 1200. The average Bonchev–Trinajstić information content (AvgIpc) is 3.17. The zero-order valence-corrected chi connectivity index (χ0v) is 19.6. The summed E-state index contributed by atoms with van der Waals surface area (Å²) in [6.07, 6.45) is 0.156. The van der Waals surface area contributed by atoms with Gasteiger partial charge >= 0.3 is 5.97 Å². The van der Waals surface area contributed by atoms with E-state index in [0.717, 1.165) is 10.4 Å². The molecule has 7 nitrogen and oxygen atoms in total. The number of hydrogen-bond donors (Lipinski definition) is 2. The van der Waals surface area contributed by atoms with Crippen LogP contribution < -0.4 is 19.5 Å². The number of anilines is 1. The predicted octanol–water partition coefficient (Wildman–Crippen LogP) is 5.39. The van der Waals surface area contributed by atoms with Gasteiger partial charge in [-0.05, 0) is 49.2 Å². The van der Waals surface area contributed by atoms with Crippen LogP contribution >= 0.6 is 11.3 Å². The van der Waals surface area contributed by atoms with Crippen molar-refractivity contribution in [2.24, 2.45) is 0 Å². The lowest BCUT2D eigenvalue weighted by Gasteiger charge is -2.25. The Morgan fingerprint density at radius 1 is 1.09 bits per heavy atom. The Hall–Kier alpha value is -3.52. The van der Waals surface area contributed by atoms with Crippen molar-refractivity contribution < 1.29 is 28.9 Å². The standard InChI is InChI=1S/C25H25NO6S/c1-13(2)32-19-11-15(7-10-18(19)31-4)17-12-20(27)26-22-21(24(25(28)29)33-23(17)22)14-5-8-16(30-3)9-6-14/h5-11,13,17H,12H2,1-4H3,(H,26,27)(H,28,29)/t17-/m1/s1. The smallest absolute Gasteiger partial charge is 0.346 e. The summed E-state index contributed by atoms with van der Waals surface area (Å²) >= 11 is 1.19. The van der Waals surface area contributed by atoms with Gasteiger partial charge in [0.1, 0.15) is 10.6 Å². The minimum atomic E-state index is -1.04. The van der Waals surface area contributed by atoms with E-state index in [4.69, 9.17) is 14.2 Å². The molecule has 1 atom stereocenters. The van der Waals surface area contributed by atoms with Crippen LogP contribution in [-0.2, 0) is 4.79 Å². The van der Waals surface area contributed by atoms with E-state index in [1.807, 2.05) is 32.0 Å². The maximum atomic E-state index is 12.7. The number of thiophene rings is 1. The molecule has 1 amide bonds. The van der Waals surface area contributed by atoms with Gasteiger partial charge in [0.2, 0.25) is 5.91 Å². The van der Waals surface area contributed by atoms with Crippen molar-refractivity contribution in [3.63, 3.8) is 0 Å². The summed E-state index contributed by atoms with van der Waals surface area (Å²) in [6, 6.07) is 12.7. The van der Waals surface area contributed by atoms with E-state index < -0.39 is 5.97 Å². The first kappa shape index (κ1) is 22.7. The third-order valence-corrected chi connectivity index (χ3v) is 6.72. The minimum Gasteiger partial charge on any atom is -0.497 e. The van der Waals surface area contributed by atoms with Crippen LogP contribution in [0.3, 0.4) is 0 Å². The van der Waals surface area contributed by atoms with Gasteiger partial charge in [-0.1, -0.05) is 18.2 Å². The summed E-state index contributed by atoms with van der Waals surface area (Å²) in [5.74, 6) is 0.347. The fourth-order valence-corrected chi connectivity index (χ4v) is 5.24. The number of hydrogen-bond acceptors (Lipinski definition) is 6. The van der Waals surface area contributed by atoms with Crippen molar-refractivity contribution in [3.8, 4) is 28.4 Å². The first-order valence-electron chi connectivity index (χ1n) is 10.5. The summed E-state index contributed by atoms with van der Waals surface area (Å²) in [5.41, 5.74) is 2.62. The summed E-state index contributed by atoms with van der Waals surface area (Å²) < 4.78 is 16.6. The van der Waals surface area contributed by atoms with Gasteiger partial charge in [0.15, 0.2) is 11.5 Å². The van der Waals surface area contributed by atoms with Crippen LogP contribution in [0.25, 0.3) is 11.1 Å². The van der Waals surface area contributed by atoms with Crippen molar-refractivity contribution >= 4 is 28.9 Å². The Morgan fingerprint density at radius 2 is 1.82 bits per heavy atom. The summed E-state index contributed by atoms with van der Waals surface area (Å²) in [7, 11) is 3.15. The Kier molecular flexibility index (Phi) is 6.29. The van der Waals surface area contributed by atoms with Gasteiger partial charge < -0.3 is 24.6 Å². The molecule has 0 saturated carbocycles. The summed E-state index contributed by atoms with van der Waals surface area (Å²) in [6.45, 7) is 3.86. The number of ether oxygens (including phenoxy) is 3. The molecule has 2 N–H and O–H groups in total.